The zero-order chi connectivity index (χ0) is 23.8. The average molecular weight is 530 g/mol. The molecule has 0 aliphatic heterocycles. The molecule has 172 valence electrons. The van der Waals surface area contributed by atoms with Gasteiger partial charge in [0.2, 0.25) is 0 Å². The van der Waals surface area contributed by atoms with Crippen molar-refractivity contribution >= 4 is 43.3 Å². The molecule has 9 heteroatoms. The van der Waals surface area contributed by atoms with Crippen molar-refractivity contribution in [2.45, 2.75) is 18.7 Å². The Kier molecular flexibility index (Phi) is 8.24. The first-order valence-corrected chi connectivity index (χ1v) is 12.4. The Labute approximate surface area is 202 Å². The second-order valence-corrected chi connectivity index (χ2v) is 9.75. The molecule has 0 saturated heterocycles. The second-order valence-electron chi connectivity index (χ2n) is 6.97. The molecule has 0 aromatic heterocycles. The molecule has 3 aromatic carbocycles. The quantitative estimate of drug-likeness (QED) is 0.324. The number of benzene rings is 3. The number of nitrogens with zero attached hydrogens (tertiary/aromatic N) is 2. The molecule has 1 amide bonds. The molecule has 1 N–H and O–H groups in total. The highest BCUT2D eigenvalue weighted by Crippen LogP contribution is 2.32. The molecule has 0 saturated carbocycles. The van der Waals surface area contributed by atoms with Gasteiger partial charge in [0.1, 0.15) is 12.3 Å². The molecule has 0 bridgehead atoms. The molecular weight excluding hydrogens is 506 g/mol. The highest BCUT2D eigenvalue weighted by atomic mass is 79.9. The van der Waals surface area contributed by atoms with Crippen molar-refractivity contribution in [3.8, 4) is 5.75 Å². The summed E-state index contributed by atoms with van der Waals surface area (Å²) in [6.07, 6.45) is 0. The molecule has 0 radical (unpaired) electrons. The SMILES string of the molecule is CCOc1ccccc1N(CC(=O)N/N=C(/C)c1cccc(Br)c1)S(=O)(=O)c1ccccc1. The zero-order valence-corrected chi connectivity index (χ0v) is 20.6. The molecule has 0 atom stereocenters. The van der Waals surface area contributed by atoms with Gasteiger partial charge in [0.25, 0.3) is 15.9 Å². The highest BCUT2D eigenvalue weighted by molar-refractivity contribution is 9.10. The van der Waals surface area contributed by atoms with Gasteiger partial charge in [0.15, 0.2) is 0 Å². The highest BCUT2D eigenvalue weighted by Gasteiger charge is 2.29. The molecule has 0 spiro atoms. The van der Waals surface area contributed by atoms with Gasteiger partial charge in [-0.2, -0.15) is 5.10 Å². The van der Waals surface area contributed by atoms with E-state index in [1.807, 2.05) is 24.3 Å². The lowest BCUT2D eigenvalue weighted by atomic mass is 10.1. The van der Waals surface area contributed by atoms with Gasteiger partial charge in [-0.25, -0.2) is 13.8 Å². The third-order valence-electron chi connectivity index (χ3n) is 4.64. The van der Waals surface area contributed by atoms with Gasteiger partial charge in [-0.15, -0.1) is 0 Å². The molecule has 0 unspecified atom stereocenters. The van der Waals surface area contributed by atoms with E-state index in [0.717, 1.165) is 14.3 Å². The van der Waals surface area contributed by atoms with E-state index >= 15 is 0 Å². The predicted molar refractivity (Wildman–Crippen MR) is 133 cm³/mol. The number of halogens is 1. The number of nitrogens with one attached hydrogen (secondary N) is 1. The summed E-state index contributed by atoms with van der Waals surface area (Å²) in [4.78, 5) is 12.9. The van der Waals surface area contributed by atoms with Gasteiger partial charge in [0.05, 0.1) is 22.9 Å². The van der Waals surface area contributed by atoms with Crippen LogP contribution in [0.1, 0.15) is 19.4 Å². The zero-order valence-electron chi connectivity index (χ0n) is 18.2. The second kappa shape index (κ2) is 11.1. The van der Waals surface area contributed by atoms with Crippen LogP contribution in [0.15, 0.2) is 93.3 Å². The van der Waals surface area contributed by atoms with Crippen molar-refractivity contribution in [2.75, 3.05) is 17.5 Å². The summed E-state index contributed by atoms with van der Waals surface area (Å²) >= 11 is 3.40. The Bertz CT molecular complexity index is 1250. The van der Waals surface area contributed by atoms with Gasteiger partial charge in [-0.05, 0) is 55.8 Å². The summed E-state index contributed by atoms with van der Waals surface area (Å²) in [6, 6.07) is 22.1. The van der Waals surface area contributed by atoms with Crippen LogP contribution >= 0.6 is 15.9 Å². The van der Waals surface area contributed by atoms with Crippen LogP contribution in [0.3, 0.4) is 0 Å². The van der Waals surface area contributed by atoms with Crippen molar-refractivity contribution in [2.24, 2.45) is 5.10 Å². The van der Waals surface area contributed by atoms with Crippen LogP contribution in [-0.2, 0) is 14.8 Å². The number of hydrogen-bond donors (Lipinski definition) is 1. The Morgan fingerprint density at radius 3 is 2.42 bits per heavy atom. The van der Waals surface area contributed by atoms with E-state index in [1.54, 1.807) is 56.3 Å². The van der Waals surface area contributed by atoms with E-state index in [9.17, 15) is 13.2 Å². The molecule has 3 rings (SSSR count). The topological polar surface area (TPSA) is 88.1 Å². The first-order valence-electron chi connectivity index (χ1n) is 10.2. The Hall–Kier alpha value is -3.17. The molecule has 0 aliphatic carbocycles. The minimum Gasteiger partial charge on any atom is -0.492 e. The van der Waals surface area contributed by atoms with Crippen molar-refractivity contribution in [1.82, 2.24) is 5.43 Å². The van der Waals surface area contributed by atoms with E-state index in [1.165, 1.54) is 12.1 Å². The fraction of sp³-hybridized carbons (Fsp3) is 0.167. The number of ether oxygens (including phenoxy) is 1. The summed E-state index contributed by atoms with van der Waals surface area (Å²) in [5.41, 5.74) is 4.13. The van der Waals surface area contributed by atoms with Gasteiger partial charge in [0, 0.05) is 4.47 Å². The number of sulfonamides is 1. The van der Waals surface area contributed by atoms with E-state index < -0.39 is 22.5 Å². The number of anilines is 1. The third-order valence-corrected chi connectivity index (χ3v) is 6.91. The molecule has 3 aromatic rings. The number of hydrazone groups is 1. The van der Waals surface area contributed by atoms with Crippen molar-refractivity contribution in [1.29, 1.82) is 0 Å². The Balaban J connectivity index is 1.92. The largest absolute Gasteiger partial charge is 0.492 e. The smallest absolute Gasteiger partial charge is 0.264 e. The molecule has 33 heavy (non-hydrogen) atoms. The van der Waals surface area contributed by atoms with E-state index in [2.05, 4.69) is 26.5 Å². The maximum atomic E-state index is 13.5. The number of carbonyl (C=O) groups excluding carboxylic acids is 1. The van der Waals surface area contributed by atoms with Gasteiger partial charge in [-0.1, -0.05) is 58.4 Å². The number of para-hydroxylation sites is 2. The van der Waals surface area contributed by atoms with Gasteiger partial charge >= 0.3 is 0 Å². The van der Waals surface area contributed by atoms with Crippen LogP contribution in [0, 0.1) is 0 Å². The minimum absolute atomic E-state index is 0.0675. The van der Waals surface area contributed by atoms with Gasteiger partial charge < -0.3 is 4.74 Å². The molecular formula is C24H24BrN3O4S. The fourth-order valence-corrected chi connectivity index (χ4v) is 4.90. The first kappa shape index (κ1) is 24.5. The van der Waals surface area contributed by atoms with E-state index in [-0.39, 0.29) is 10.6 Å². The number of amides is 1. The standard InChI is InChI=1S/C24H24BrN3O4S/c1-3-32-23-15-8-7-14-22(23)28(33(30,31)21-12-5-4-6-13-21)17-24(29)27-26-18(2)19-10-9-11-20(25)16-19/h4-16H,3,17H2,1-2H3,(H,27,29)/b26-18-. The van der Waals surface area contributed by atoms with E-state index in [4.69, 9.17) is 4.74 Å². The van der Waals surface area contributed by atoms with Crippen LogP contribution < -0.4 is 14.5 Å². The van der Waals surface area contributed by atoms with Crippen LogP contribution in [0.2, 0.25) is 0 Å². The maximum absolute atomic E-state index is 13.5. The summed E-state index contributed by atoms with van der Waals surface area (Å²) < 4.78 is 34.5. The first-order chi connectivity index (χ1) is 15.8. The lowest BCUT2D eigenvalue weighted by Gasteiger charge is -2.25. The Morgan fingerprint density at radius 2 is 1.73 bits per heavy atom. The summed E-state index contributed by atoms with van der Waals surface area (Å²) in [7, 11) is -4.05. The lowest BCUT2D eigenvalue weighted by Crippen LogP contribution is -2.40. The van der Waals surface area contributed by atoms with Crippen LogP contribution in [-0.4, -0.2) is 33.2 Å². The summed E-state index contributed by atoms with van der Waals surface area (Å²) in [5, 5.41) is 4.14. The monoisotopic (exact) mass is 529 g/mol. The van der Waals surface area contributed by atoms with Crippen molar-refractivity contribution in [3.63, 3.8) is 0 Å². The van der Waals surface area contributed by atoms with Crippen molar-refractivity contribution in [3.05, 3.63) is 88.9 Å². The maximum Gasteiger partial charge on any atom is 0.264 e. The summed E-state index contributed by atoms with van der Waals surface area (Å²) in [5.74, 6) is -0.226. The van der Waals surface area contributed by atoms with Gasteiger partial charge in [-0.3, -0.25) is 9.10 Å². The van der Waals surface area contributed by atoms with Crippen LogP contribution in [0.5, 0.6) is 5.75 Å². The molecule has 0 aliphatic rings. The van der Waals surface area contributed by atoms with E-state index in [0.29, 0.717) is 18.1 Å². The molecule has 7 nitrogen and oxygen atoms in total. The number of hydrogen-bond acceptors (Lipinski definition) is 5. The molecule has 0 fully saturated rings. The lowest BCUT2D eigenvalue weighted by molar-refractivity contribution is -0.119. The minimum atomic E-state index is -4.05. The number of carbonyl (C=O) groups is 1. The van der Waals surface area contributed by atoms with Crippen LogP contribution in [0.4, 0.5) is 5.69 Å². The fourth-order valence-electron chi connectivity index (χ4n) is 3.05. The third kappa shape index (κ3) is 6.21. The van der Waals surface area contributed by atoms with Crippen LogP contribution in [0.25, 0.3) is 0 Å². The Morgan fingerprint density at radius 1 is 1.03 bits per heavy atom. The summed E-state index contributed by atoms with van der Waals surface area (Å²) in [6.45, 7) is 3.43. The molecule has 0 heterocycles. The average Bonchev–Trinajstić information content (AvgIpc) is 2.82. The normalized spacial score (nSPS) is 11.7. The predicted octanol–water partition coefficient (Wildman–Crippen LogP) is 4.58. The van der Waals surface area contributed by atoms with Crippen molar-refractivity contribution < 1.29 is 17.9 Å². The number of rotatable bonds is 9.